The van der Waals surface area contributed by atoms with Crippen molar-refractivity contribution in [3.8, 4) is 0 Å². The molecule has 1 rings (SSSR count). The Balaban J connectivity index is 2.49. The molecule has 94 valence electrons. The molecule has 0 bridgehead atoms. The number of rotatable bonds is 6. The molecule has 0 spiro atoms. The lowest BCUT2D eigenvalue weighted by Gasteiger charge is -2.15. The van der Waals surface area contributed by atoms with Gasteiger partial charge in [-0.2, -0.15) is 0 Å². The molecular formula is C15H22O2. The van der Waals surface area contributed by atoms with Crippen LogP contribution in [0.2, 0.25) is 0 Å². The Morgan fingerprint density at radius 3 is 2.71 bits per heavy atom. The van der Waals surface area contributed by atoms with Gasteiger partial charge in [0.2, 0.25) is 5.78 Å². The van der Waals surface area contributed by atoms with Crippen molar-refractivity contribution in [2.24, 2.45) is 11.8 Å². The zero-order chi connectivity index (χ0) is 12.8. The molecule has 0 amide bonds. The lowest BCUT2D eigenvalue weighted by Crippen LogP contribution is -2.14. The Bertz CT molecular complexity index is 374. The maximum absolute atomic E-state index is 12.0. The first kappa shape index (κ1) is 13.8. The fourth-order valence-corrected chi connectivity index (χ4v) is 2.12. The normalized spacial score (nSPS) is 15.6. The Morgan fingerprint density at radius 2 is 2.18 bits per heavy atom. The van der Waals surface area contributed by atoms with E-state index >= 15 is 0 Å². The number of ketones is 1. The largest absolute Gasteiger partial charge is 0.461 e. The quantitative estimate of drug-likeness (QED) is 0.536. The molecule has 0 aromatic carbocycles. The summed E-state index contributed by atoms with van der Waals surface area (Å²) in [6.45, 7) is 8.36. The Morgan fingerprint density at radius 1 is 1.47 bits per heavy atom. The van der Waals surface area contributed by atoms with Gasteiger partial charge in [-0.3, -0.25) is 4.79 Å². The highest BCUT2D eigenvalue weighted by Crippen LogP contribution is 2.22. The molecule has 17 heavy (non-hydrogen) atoms. The van der Waals surface area contributed by atoms with Crippen molar-refractivity contribution in [1.82, 2.24) is 0 Å². The highest BCUT2D eigenvalue weighted by Gasteiger charge is 2.19. The van der Waals surface area contributed by atoms with Crippen molar-refractivity contribution < 1.29 is 9.21 Å². The van der Waals surface area contributed by atoms with E-state index in [4.69, 9.17) is 4.42 Å². The standard InChI is InChI=1S/C15H22O2/c1-5-11(2)9-12(3)10-13(4)15(16)14-7-6-8-17-14/h5-8,12-13H,9-10H2,1-4H3/b11-5+/t12-,13-/m0/s1. The second kappa shape index (κ2) is 6.43. The summed E-state index contributed by atoms with van der Waals surface area (Å²) in [5, 5.41) is 0. The Hall–Kier alpha value is -1.31. The lowest BCUT2D eigenvalue weighted by atomic mass is 9.89. The smallest absolute Gasteiger partial charge is 0.200 e. The van der Waals surface area contributed by atoms with Gasteiger partial charge >= 0.3 is 0 Å². The van der Waals surface area contributed by atoms with Crippen LogP contribution in [-0.2, 0) is 0 Å². The first-order chi connectivity index (χ1) is 8.04. The van der Waals surface area contributed by atoms with Crippen LogP contribution < -0.4 is 0 Å². The Labute approximate surface area is 104 Å². The monoisotopic (exact) mass is 234 g/mol. The summed E-state index contributed by atoms with van der Waals surface area (Å²) in [6, 6.07) is 3.49. The van der Waals surface area contributed by atoms with Gasteiger partial charge in [0.25, 0.3) is 0 Å². The fourth-order valence-electron chi connectivity index (χ4n) is 2.12. The first-order valence-corrected chi connectivity index (χ1v) is 6.24. The van der Waals surface area contributed by atoms with E-state index in [1.165, 1.54) is 5.57 Å². The third-order valence-electron chi connectivity index (χ3n) is 3.13. The van der Waals surface area contributed by atoms with Gasteiger partial charge in [-0.05, 0) is 44.7 Å². The van der Waals surface area contributed by atoms with E-state index < -0.39 is 0 Å². The van der Waals surface area contributed by atoms with Gasteiger partial charge in [0.15, 0.2) is 5.76 Å². The molecule has 2 heteroatoms. The third kappa shape index (κ3) is 4.22. The molecule has 1 aromatic rings. The number of hydrogen-bond acceptors (Lipinski definition) is 2. The van der Waals surface area contributed by atoms with Crippen LogP contribution in [0.3, 0.4) is 0 Å². The molecule has 0 aliphatic heterocycles. The number of carbonyl (C=O) groups is 1. The second-order valence-corrected chi connectivity index (χ2v) is 4.92. The van der Waals surface area contributed by atoms with Crippen LogP contribution in [0.15, 0.2) is 34.5 Å². The molecule has 0 saturated heterocycles. The van der Waals surface area contributed by atoms with E-state index in [0.717, 1.165) is 12.8 Å². The highest BCUT2D eigenvalue weighted by atomic mass is 16.3. The van der Waals surface area contributed by atoms with E-state index in [2.05, 4.69) is 26.8 Å². The van der Waals surface area contributed by atoms with Crippen LogP contribution in [0.25, 0.3) is 0 Å². The molecule has 0 unspecified atom stereocenters. The van der Waals surface area contributed by atoms with E-state index in [1.807, 2.05) is 6.92 Å². The van der Waals surface area contributed by atoms with E-state index in [9.17, 15) is 4.79 Å². The lowest BCUT2D eigenvalue weighted by molar-refractivity contribution is 0.0885. The molecule has 0 N–H and O–H groups in total. The maximum Gasteiger partial charge on any atom is 0.200 e. The summed E-state index contributed by atoms with van der Waals surface area (Å²) in [4.78, 5) is 12.0. The van der Waals surface area contributed by atoms with Crippen LogP contribution in [0, 0.1) is 11.8 Å². The zero-order valence-corrected chi connectivity index (χ0v) is 11.2. The van der Waals surface area contributed by atoms with Gasteiger partial charge in [0, 0.05) is 5.92 Å². The predicted molar refractivity (Wildman–Crippen MR) is 70.0 cm³/mol. The second-order valence-electron chi connectivity index (χ2n) is 4.92. The molecule has 0 saturated carbocycles. The average molecular weight is 234 g/mol. The molecule has 0 fully saturated rings. The van der Waals surface area contributed by atoms with Crippen LogP contribution >= 0.6 is 0 Å². The van der Waals surface area contributed by atoms with Gasteiger partial charge < -0.3 is 4.42 Å². The van der Waals surface area contributed by atoms with Crippen molar-refractivity contribution in [3.63, 3.8) is 0 Å². The van der Waals surface area contributed by atoms with Crippen LogP contribution in [0.5, 0.6) is 0 Å². The first-order valence-electron chi connectivity index (χ1n) is 6.24. The number of hydrogen-bond donors (Lipinski definition) is 0. The highest BCUT2D eigenvalue weighted by molar-refractivity contribution is 5.95. The average Bonchev–Trinajstić information content (AvgIpc) is 2.80. The van der Waals surface area contributed by atoms with Crippen molar-refractivity contribution >= 4 is 5.78 Å². The van der Waals surface area contributed by atoms with Gasteiger partial charge in [0.1, 0.15) is 0 Å². The minimum atomic E-state index is 0.0285. The molecule has 0 aliphatic rings. The summed E-state index contributed by atoms with van der Waals surface area (Å²) in [5.41, 5.74) is 1.38. The zero-order valence-electron chi connectivity index (χ0n) is 11.2. The molecule has 0 aliphatic carbocycles. The fraction of sp³-hybridized carbons (Fsp3) is 0.533. The number of carbonyl (C=O) groups excluding carboxylic acids is 1. The summed E-state index contributed by atoms with van der Waals surface area (Å²) in [6.07, 6.45) is 5.65. The van der Waals surface area contributed by atoms with Gasteiger partial charge in [-0.1, -0.05) is 25.5 Å². The van der Waals surface area contributed by atoms with Crippen molar-refractivity contribution in [2.75, 3.05) is 0 Å². The molecule has 1 heterocycles. The molecule has 2 nitrogen and oxygen atoms in total. The van der Waals surface area contributed by atoms with Crippen molar-refractivity contribution in [3.05, 3.63) is 35.8 Å². The summed E-state index contributed by atoms with van der Waals surface area (Å²) >= 11 is 0. The summed E-state index contributed by atoms with van der Waals surface area (Å²) in [7, 11) is 0. The van der Waals surface area contributed by atoms with Crippen LogP contribution in [0.1, 0.15) is 51.1 Å². The van der Waals surface area contributed by atoms with Gasteiger partial charge in [0.05, 0.1) is 6.26 Å². The molecular weight excluding hydrogens is 212 g/mol. The van der Waals surface area contributed by atoms with Gasteiger partial charge in [-0.15, -0.1) is 0 Å². The predicted octanol–water partition coefficient (Wildman–Crippen LogP) is 4.48. The van der Waals surface area contributed by atoms with Crippen LogP contribution in [-0.4, -0.2) is 5.78 Å². The maximum atomic E-state index is 12.0. The number of furan rings is 1. The van der Waals surface area contributed by atoms with E-state index in [-0.39, 0.29) is 11.7 Å². The van der Waals surface area contributed by atoms with Crippen molar-refractivity contribution in [1.29, 1.82) is 0 Å². The Kier molecular flexibility index (Phi) is 5.20. The summed E-state index contributed by atoms with van der Waals surface area (Å²) in [5.74, 6) is 1.15. The van der Waals surface area contributed by atoms with Crippen molar-refractivity contribution in [2.45, 2.75) is 40.5 Å². The minimum Gasteiger partial charge on any atom is -0.461 e. The van der Waals surface area contributed by atoms with E-state index in [0.29, 0.717) is 11.7 Å². The van der Waals surface area contributed by atoms with Crippen LogP contribution in [0.4, 0.5) is 0 Å². The summed E-state index contributed by atoms with van der Waals surface area (Å²) < 4.78 is 5.14. The number of allylic oxidation sites excluding steroid dienone is 2. The molecule has 1 aromatic heterocycles. The SMILES string of the molecule is C/C=C(\C)C[C@H](C)C[C@H](C)C(=O)c1ccco1. The minimum absolute atomic E-state index is 0.0285. The van der Waals surface area contributed by atoms with E-state index in [1.54, 1.807) is 18.4 Å². The molecule has 0 radical (unpaired) electrons. The third-order valence-corrected chi connectivity index (χ3v) is 3.13. The molecule has 2 atom stereocenters. The number of Topliss-reactive ketones (excluding diaryl/α,β-unsaturated/α-hetero) is 1. The van der Waals surface area contributed by atoms with Gasteiger partial charge in [-0.25, -0.2) is 0 Å². The topological polar surface area (TPSA) is 30.2 Å².